The first-order chi connectivity index (χ1) is 28.6. The van der Waals surface area contributed by atoms with Crippen molar-refractivity contribution in [2.45, 2.75) is 218 Å². The molecule has 1 heterocycles. The van der Waals surface area contributed by atoms with Crippen molar-refractivity contribution >= 4 is 25.7 Å². The molecule has 1 aliphatic heterocycles. The number of ether oxygens (including phenoxy) is 3. The molecular formula is C46H82NO11P. The maximum Gasteiger partial charge on any atom is 0.472 e. The van der Waals surface area contributed by atoms with Gasteiger partial charge < -0.3 is 29.9 Å². The van der Waals surface area contributed by atoms with Crippen LogP contribution in [0.1, 0.15) is 194 Å². The summed E-state index contributed by atoms with van der Waals surface area (Å²) in [6, 6.07) is -1.53. The third-order valence-corrected chi connectivity index (χ3v) is 11.2. The SMILES string of the molecule is CCCCC/C=C\C/C=C\CC1OC1C/C=C\CCCC(=O)O[C@H](COC(=O)CCCCCCCCCCCCCCCCCCC)COP(=O)(O)OC[C@H](N)C(=O)O. The van der Waals surface area contributed by atoms with E-state index in [1.165, 1.54) is 103 Å². The number of carbonyl (C=O) groups is 3. The molecule has 12 nitrogen and oxygen atoms in total. The average molecular weight is 856 g/mol. The highest BCUT2D eigenvalue weighted by Gasteiger charge is 2.36. The van der Waals surface area contributed by atoms with Gasteiger partial charge >= 0.3 is 25.7 Å². The first kappa shape index (κ1) is 54.7. The number of unbranched alkanes of at least 4 members (excludes halogenated alkanes) is 20. The van der Waals surface area contributed by atoms with E-state index in [2.05, 4.69) is 48.8 Å². The second-order valence-corrected chi connectivity index (χ2v) is 17.4. The van der Waals surface area contributed by atoms with E-state index in [-0.39, 0.29) is 31.7 Å². The topological polar surface area (TPSA) is 184 Å². The molecule has 342 valence electrons. The standard InChI is InChI=1S/C46H82NO11P/c1-3-5-7-9-11-13-14-15-16-17-18-19-20-22-24-26-31-35-44(48)54-37-40(38-55-59(52,53)56-39-41(47)46(50)51)57-45(49)36-32-28-27-30-34-43-42(58-43)33-29-25-23-21-12-10-8-6-4-2/h12,21,25,27,29-30,40-43H,3-11,13-20,22-24,26,28,31-39,47H2,1-2H3,(H,50,51)(H,52,53)/b21-12-,29-25-,30-27-/t40-,41+,42?,43?/m1/s1. The minimum Gasteiger partial charge on any atom is -0.480 e. The number of carboxylic acids is 1. The maximum atomic E-state index is 12.7. The van der Waals surface area contributed by atoms with Gasteiger partial charge in [0.2, 0.25) is 0 Å². The predicted octanol–water partition coefficient (Wildman–Crippen LogP) is 11.4. The van der Waals surface area contributed by atoms with Crippen LogP contribution in [0, 0.1) is 0 Å². The van der Waals surface area contributed by atoms with E-state index in [0.717, 1.165) is 44.9 Å². The first-order valence-corrected chi connectivity index (χ1v) is 24.6. The number of hydrogen-bond acceptors (Lipinski definition) is 10. The number of carbonyl (C=O) groups excluding carboxylic acids is 2. The zero-order valence-electron chi connectivity index (χ0n) is 36.8. The van der Waals surface area contributed by atoms with E-state index < -0.39 is 51.1 Å². The molecule has 0 bridgehead atoms. The molecular weight excluding hydrogens is 773 g/mol. The van der Waals surface area contributed by atoms with Crippen molar-refractivity contribution in [3.63, 3.8) is 0 Å². The summed E-state index contributed by atoms with van der Waals surface area (Å²) < 4.78 is 38.5. The Morgan fingerprint density at radius 3 is 1.64 bits per heavy atom. The molecule has 0 aromatic rings. The third-order valence-electron chi connectivity index (χ3n) is 10.3. The minimum atomic E-state index is -4.74. The quantitative estimate of drug-likeness (QED) is 0.0174. The summed E-state index contributed by atoms with van der Waals surface area (Å²) in [5.41, 5.74) is 5.34. The number of nitrogens with two attached hydrogens (primary N) is 1. The van der Waals surface area contributed by atoms with Crippen LogP contribution < -0.4 is 5.73 Å². The predicted molar refractivity (Wildman–Crippen MR) is 235 cm³/mol. The number of phosphoric acid groups is 1. The lowest BCUT2D eigenvalue weighted by Crippen LogP contribution is -2.34. The Balaban J connectivity index is 2.30. The summed E-state index contributed by atoms with van der Waals surface area (Å²) >= 11 is 0. The zero-order chi connectivity index (χ0) is 43.2. The summed E-state index contributed by atoms with van der Waals surface area (Å²) in [5, 5.41) is 8.90. The normalized spacial score (nSPS) is 17.4. The van der Waals surface area contributed by atoms with Crippen LogP contribution in [0.25, 0.3) is 0 Å². The van der Waals surface area contributed by atoms with Crippen LogP contribution in [0.2, 0.25) is 0 Å². The van der Waals surface area contributed by atoms with Gasteiger partial charge in [0.15, 0.2) is 6.10 Å². The van der Waals surface area contributed by atoms with E-state index in [0.29, 0.717) is 19.3 Å². The molecule has 59 heavy (non-hydrogen) atoms. The number of allylic oxidation sites excluding steroid dienone is 4. The molecule has 1 rings (SSSR count). The molecule has 0 aromatic carbocycles. The smallest absolute Gasteiger partial charge is 0.472 e. The average Bonchev–Trinajstić information content (AvgIpc) is 3.97. The lowest BCUT2D eigenvalue weighted by Gasteiger charge is -2.20. The first-order valence-electron chi connectivity index (χ1n) is 23.1. The fourth-order valence-corrected chi connectivity index (χ4v) is 7.29. The van der Waals surface area contributed by atoms with Crippen LogP contribution in [-0.2, 0) is 42.2 Å². The van der Waals surface area contributed by atoms with Gasteiger partial charge in [-0.2, -0.15) is 0 Å². The van der Waals surface area contributed by atoms with Gasteiger partial charge in [-0.05, 0) is 51.4 Å². The van der Waals surface area contributed by atoms with Crippen LogP contribution >= 0.6 is 7.82 Å². The van der Waals surface area contributed by atoms with E-state index in [1.807, 2.05) is 6.08 Å². The molecule has 0 radical (unpaired) electrons. The minimum absolute atomic E-state index is 0.0786. The molecule has 0 spiro atoms. The van der Waals surface area contributed by atoms with Crippen molar-refractivity contribution < 1.29 is 52.2 Å². The Kier molecular flexibility index (Phi) is 34.7. The molecule has 1 aliphatic rings. The second kappa shape index (κ2) is 37.4. The number of rotatable bonds is 42. The fourth-order valence-electron chi connectivity index (χ4n) is 6.51. The molecule has 0 saturated carbocycles. The van der Waals surface area contributed by atoms with Crippen LogP contribution in [0.5, 0.6) is 0 Å². The fraction of sp³-hybridized carbons (Fsp3) is 0.804. The summed E-state index contributed by atoms with van der Waals surface area (Å²) in [6.07, 6.45) is 42.3. The summed E-state index contributed by atoms with van der Waals surface area (Å²) in [5.74, 6) is -2.45. The molecule has 5 atom stereocenters. The third kappa shape index (κ3) is 35.0. The van der Waals surface area contributed by atoms with Crippen molar-refractivity contribution in [1.29, 1.82) is 0 Å². The Bertz CT molecular complexity index is 1210. The molecule has 0 aliphatic carbocycles. The van der Waals surface area contributed by atoms with Gasteiger partial charge in [-0.3, -0.25) is 23.4 Å². The Hall–Kier alpha value is -2.34. The molecule has 1 saturated heterocycles. The number of epoxide rings is 1. The molecule has 4 N–H and O–H groups in total. The number of carboxylic acid groups (broad SMARTS) is 1. The maximum absolute atomic E-state index is 12.7. The summed E-state index contributed by atoms with van der Waals surface area (Å²) in [4.78, 5) is 46.1. The van der Waals surface area contributed by atoms with E-state index in [1.54, 1.807) is 0 Å². The lowest BCUT2D eigenvalue weighted by molar-refractivity contribution is -0.161. The monoisotopic (exact) mass is 856 g/mol. The van der Waals surface area contributed by atoms with E-state index in [4.69, 9.17) is 29.6 Å². The second-order valence-electron chi connectivity index (χ2n) is 15.9. The van der Waals surface area contributed by atoms with Crippen molar-refractivity contribution in [3.8, 4) is 0 Å². The molecule has 3 unspecified atom stereocenters. The van der Waals surface area contributed by atoms with Crippen LogP contribution in [0.3, 0.4) is 0 Å². The zero-order valence-corrected chi connectivity index (χ0v) is 37.7. The van der Waals surface area contributed by atoms with Crippen molar-refractivity contribution in [1.82, 2.24) is 0 Å². The van der Waals surface area contributed by atoms with Crippen LogP contribution in [0.4, 0.5) is 0 Å². The van der Waals surface area contributed by atoms with Gasteiger partial charge in [0.25, 0.3) is 0 Å². The van der Waals surface area contributed by atoms with Gasteiger partial charge in [0, 0.05) is 12.8 Å². The summed E-state index contributed by atoms with van der Waals surface area (Å²) in [7, 11) is -4.74. The van der Waals surface area contributed by atoms with Gasteiger partial charge in [-0.15, -0.1) is 0 Å². The number of aliphatic carboxylic acids is 1. The molecule has 1 fully saturated rings. The van der Waals surface area contributed by atoms with Crippen molar-refractivity contribution in [3.05, 3.63) is 36.5 Å². The largest absolute Gasteiger partial charge is 0.480 e. The van der Waals surface area contributed by atoms with E-state index in [9.17, 15) is 23.8 Å². The Labute approximate surface area is 357 Å². The van der Waals surface area contributed by atoms with E-state index >= 15 is 0 Å². The van der Waals surface area contributed by atoms with Crippen molar-refractivity contribution in [2.75, 3.05) is 19.8 Å². The molecule has 0 aromatic heterocycles. The van der Waals surface area contributed by atoms with Gasteiger partial charge in [-0.1, -0.05) is 166 Å². The highest BCUT2D eigenvalue weighted by atomic mass is 31.2. The van der Waals surface area contributed by atoms with Crippen LogP contribution in [0.15, 0.2) is 36.5 Å². The summed E-state index contributed by atoms with van der Waals surface area (Å²) in [6.45, 7) is 2.72. The molecule has 0 amide bonds. The van der Waals surface area contributed by atoms with Crippen molar-refractivity contribution in [2.24, 2.45) is 5.73 Å². The number of phosphoric ester groups is 1. The van der Waals surface area contributed by atoms with Gasteiger partial charge in [0.05, 0.1) is 25.4 Å². The molecule has 13 heteroatoms. The number of esters is 2. The Morgan fingerprint density at radius 2 is 1.07 bits per heavy atom. The van der Waals surface area contributed by atoms with Gasteiger partial charge in [-0.25, -0.2) is 4.57 Å². The lowest BCUT2D eigenvalue weighted by atomic mass is 10.0. The highest BCUT2D eigenvalue weighted by molar-refractivity contribution is 7.47. The van der Waals surface area contributed by atoms with Crippen LogP contribution in [-0.4, -0.2) is 72.1 Å². The number of hydrogen-bond donors (Lipinski definition) is 3. The Morgan fingerprint density at radius 1 is 0.610 bits per heavy atom. The highest BCUT2D eigenvalue weighted by Crippen LogP contribution is 2.43. The van der Waals surface area contributed by atoms with Gasteiger partial charge in [0.1, 0.15) is 12.6 Å².